The second-order valence-electron chi connectivity index (χ2n) is 0.0833. The summed E-state index contributed by atoms with van der Waals surface area (Å²) in [7, 11) is 3.96. The van der Waals surface area contributed by atoms with Crippen molar-refractivity contribution < 1.29 is 39.2 Å². The van der Waals surface area contributed by atoms with Gasteiger partial charge in [-0.15, -0.1) is 0 Å². The van der Waals surface area contributed by atoms with E-state index in [1.807, 2.05) is 0 Å². The molecule has 0 atom stereocenters. The average Bonchev–Trinajstić information content (AvgIpc) is 0.918. The summed E-state index contributed by atoms with van der Waals surface area (Å²) in [6.07, 6.45) is 0. The van der Waals surface area contributed by atoms with Crippen LogP contribution in [0.4, 0.5) is 0 Å². The van der Waals surface area contributed by atoms with Crippen LogP contribution in [0.25, 0.3) is 0 Å². The Balaban J connectivity index is 0. The molecule has 4 heteroatoms. The van der Waals surface area contributed by atoms with Crippen molar-refractivity contribution in [3.8, 4) is 0 Å². The summed E-state index contributed by atoms with van der Waals surface area (Å²) in [6, 6.07) is 0. The van der Waals surface area contributed by atoms with Crippen molar-refractivity contribution in [1.29, 1.82) is 0 Å². The quantitative estimate of drug-likeness (QED) is 0.464. The fraction of sp³-hybridized carbons (Fsp3) is 0. The SMILES string of the molecule is [O]=[Ti]=[S].[V]. The van der Waals surface area contributed by atoms with Crippen molar-refractivity contribution in [2.45, 2.75) is 0 Å². The summed E-state index contributed by atoms with van der Waals surface area (Å²) >= 11 is -1.17. The number of hydrogen-bond donors (Lipinski definition) is 0. The Labute approximate surface area is 48.7 Å². The number of rotatable bonds is 0. The third-order valence-corrected chi connectivity index (χ3v) is 0. The third kappa shape index (κ3) is 10.3. The van der Waals surface area contributed by atoms with Gasteiger partial charge in [0.15, 0.2) is 0 Å². The van der Waals surface area contributed by atoms with Gasteiger partial charge in [-0.05, 0) is 0 Å². The predicted octanol–water partition coefficient (Wildman–Crippen LogP) is 0.524. The van der Waals surface area contributed by atoms with Gasteiger partial charge in [0.25, 0.3) is 0 Å². The fourth-order valence-electron chi connectivity index (χ4n) is 0. The van der Waals surface area contributed by atoms with E-state index in [4.69, 9.17) is 3.32 Å². The molecule has 0 saturated carbocycles. The molecule has 0 unspecified atom stereocenters. The smallest absolute Gasteiger partial charge is 0 e. The van der Waals surface area contributed by atoms with E-state index in [9.17, 15) is 0 Å². The molecule has 1 nitrogen and oxygen atoms in total. The summed E-state index contributed by atoms with van der Waals surface area (Å²) in [4.78, 5) is 0. The fourth-order valence-corrected chi connectivity index (χ4v) is 0. The van der Waals surface area contributed by atoms with Crippen LogP contribution in [0.15, 0.2) is 0 Å². The van der Waals surface area contributed by atoms with Gasteiger partial charge in [0, 0.05) is 18.6 Å². The summed E-state index contributed by atoms with van der Waals surface area (Å²) in [6.45, 7) is 0. The first kappa shape index (κ1) is 9.01. The van der Waals surface area contributed by atoms with Gasteiger partial charge >= 0.3 is 30.3 Å². The van der Waals surface area contributed by atoms with Crippen molar-refractivity contribution in [3.63, 3.8) is 0 Å². The standard InChI is InChI=1S/O.S.Ti.V. The van der Waals surface area contributed by atoms with E-state index in [0.29, 0.717) is 0 Å². The topological polar surface area (TPSA) is 17.1 Å². The van der Waals surface area contributed by atoms with E-state index in [0.717, 1.165) is 0 Å². The zero-order chi connectivity index (χ0) is 2.71. The van der Waals surface area contributed by atoms with Gasteiger partial charge in [0.2, 0.25) is 0 Å². The summed E-state index contributed by atoms with van der Waals surface area (Å²) in [5, 5.41) is 0. The second-order valence-corrected chi connectivity index (χ2v) is 1.03. The predicted molar refractivity (Wildman–Crippen MR) is 8.28 cm³/mol. The minimum atomic E-state index is -1.17. The molecule has 21 valence electrons. The molecule has 0 aliphatic heterocycles. The average molecular weight is 147 g/mol. The monoisotopic (exact) mass is 147 g/mol. The van der Waals surface area contributed by atoms with Crippen LogP contribution in [0, 0.1) is 0 Å². The first-order chi connectivity index (χ1) is 1.41. The van der Waals surface area contributed by atoms with Gasteiger partial charge in [-0.25, -0.2) is 0 Å². The van der Waals surface area contributed by atoms with Crippen LogP contribution >= 0.6 is 9.70 Å². The van der Waals surface area contributed by atoms with Crippen molar-refractivity contribution in [2.24, 2.45) is 0 Å². The summed E-state index contributed by atoms with van der Waals surface area (Å²) in [5.41, 5.74) is 0. The van der Waals surface area contributed by atoms with Crippen LogP contribution < -0.4 is 0 Å². The third-order valence-electron chi connectivity index (χ3n) is 0. The molecule has 0 aliphatic carbocycles. The molecular formula is OSTiV. The van der Waals surface area contributed by atoms with Gasteiger partial charge in [-0.2, -0.15) is 0 Å². The molecule has 0 aromatic heterocycles. The van der Waals surface area contributed by atoms with Crippen LogP contribution in [0.2, 0.25) is 0 Å². The molecule has 0 fully saturated rings. The van der Waals surface area contributed by atoms with Gasteiger partial charge < -0.3 is 0 Å². The first-order valence-electron chi connectivity index (χ1n) is 0.408. The van der Waals surface area contributed by atoms with Crippen LogP contribution in [-0.2, 0) is 39.2 Å². The van der Waals surface area contributed by atoms with Crippen LogP contribution in [0.3, 0.4) is 0 Å². The Morgan fingerprint density at radius 2 is 1.75 bits per heavy atom. The minimum absolute atomic E-state index is 0. The molecule has 4 heavy (non-hydrogen) atoms. The van der Waals surface area contributed by atoms with Gasteiger partial charge in [0.05, 0.1) is 0 Å². The molecule has 0 aromatic rings. The molecule has 0 rings (SSSR count). The molecule has 0 saturated heterocycles. The van der Waals surface area contributed by atoms with E-state index in [1.54, 1.807) is 0 Å². The Kier molecular flexibility index (Phi) is 19.9. The molecule has 0 bridgehead atoms. The van der Waals surface area contributed by atoms with E-state index >= 15 is 0 Å². The second kappa shape index (κ2) is 8.85. The summed E-state index contributed by atoms with van der Waals surface area (Å²) in [5.74, 6) is 0. The molecule has 1 radical (unpaired) electrons. The maximum Gasteiger partial charge on any atom is 0 e. The van der Waals surface area contributed by atoms with Gasteiger partial charge in [-0.1, -0.05) is 0 Å². The Hall–Kier alpha value is 1.32. The first-order valence-corrected chi connectivity index (χ1v) is 3.37. The maximum absolute atomic E-state index is 8.87. The Morgan fingerprint density at radius 1 is 1.75 bits per heavy atom. The normalized spacial score (nSPS) is 2.00. The van der Waals surface area contributed by atoms with E-state index in [1.165, 1.54) is 0 Å². The van der Waals surface area contributed by atoms with Crippen LogP contribution in [-0.4, -0.2) is 0 Å². The molecule has 0 spiro atoms. The van der Waals surface area contributed by atoms with Gasteiger partial charge in [0.1, 0.15) is 0 Å². The van der Waals surface area contributed by atoms with E-state index < -0.39 is 17.3 Å². The van der Waals surface area contributed by atoms with Crippen LogP contribution in [0.5, 0.6) is 0 Å². The van der Waals surface area contributed by atoms with E-state index in [-0.39, 0.29) is 18.6 Å². The zero-order valence-corrected chi connectivity index (χ0v) is 5.54. The van der Waals surface area contributed by atoms with Gasteiger partial charge in [-0.3, -0.25) is 0 Å². The van der Waals surface area contributed by atoms with Crippen molar-refractivity contribution in [2.75, 3.05) is 0 Å². The molecule has 0 amide bonds. The zero-order valence-electron chi connectivity index (χ0n) is 1.76. The largest absolute Gasteiger partial charge is 0 e. The maximum atomic E-state index is 8.87. The number of hydrogen-bond acceptors (Lipinski definition) is 2. The molecule has 0 aliphatic rings. The van der Waals surface area contributed by atoms with Crippen molar-refractivity contribution in [1.82, 2.24) is 0 Å². The molecular weight excluding hydrogens is 147 g/mol. The molecule has 0 N–H and O–H groups in total. The van der Waals surface area contributed by atoms with Crippen molar-refractivity contribution in [3.05, 3.63) is 0 Å². The van der Waals surface area contributed by atoms with E-state index in [2.05, 4.69) is 9.70 Å². The molecule has 0 heterocycles. The Bertz CT molecular complexity index is 29.0. The summed E-state index contributed by atoms with van der Waals surface area (Å²) < 4.78 is 8.87. The Morgan fingerprint density at radius 3 is 1.75 bits per heavy atom. The van der Waals surface area contributed by atoms with Crippen LogP contribution in [0.1, 0.15) is 0 Å². The minimum Gasteiger partial charge on any atom is 0 e. The molecule has 0 aromatic carbocycles. The van der Waals surface area contributed by atoms with Crippen molar-refractivity contribution >= 4 is 9.70 Å².